The van der Waals surface area contributed by atoms with Crippen LogP contribution >= 0.6 is 28.3 Å². The van der Waals surface area contributed by atoms with Gasteiger partial charge in [-0.15, -0.1) is 12.4 Å². The van der Waals surface area contributed by atoms with Crippen molar-refractivity contribution in [1.29, 1.82) is 0 Å². The van der Waals surface area contributed by atoms with Crippen LogP contribution in [-0.2, 0) is 0 Å². The minimum atomic E-state index is 0. The highest BCUT2D eigenvalue weighted by atomic mass is 79.9. The van der Waals surface area contributed by atoms with Gasteiger partial charge in [-0.2, -0.15) is 0 Å². The van der Waals surface area contributed by atoms with Crippen molar-refractivity contribution >= 4 is 34.0 Å². The smallest absolute Gasteiger partial charge is 0.0485 e. The summed E-state index contributed by atoms with van der Waals surface area (Å²) in [5.41, 5.74) is 2.44. The van der Waals surface area contributed by atoms with E-state index in [9.17, 15) is 0 Å². The summed E-state index contributed by atoms with van der Waals surface area (Å²) in [5.74, 6) is 0. The highest BCUT2D eigenvalue weighted by Gasteiger charge is 2.03. The van der Waals surface area contributed by atoms with Gasteiger partial charge in [0.05, 0.1) is 0 Å². The average molecular weight is 313 g/mol. The largest absolute Gasteiger partial charge is 0.379 e. The molecule has 0 spiro atoms. The lowest BCUT2D eigenvalue weighted by molar-refractivity contribution is 0.885. The van der Waals surface area contributed by atoms with Gasteiger partial charge in [-0.05, 0) is 36.8 Å². The van der Waals surface area contributed by atoms with Crippen molar-refractivity contribution < 1.29 is 0 Å². The van der Waals surface area contributed by atoms with E-state index in [4.69, 9.17) is 0 Å². The normalized spacial score (nSPS) is 11.4. The summed E-state index contributed by atoms with van der Waals surface area (Å²) >= 11 is 3.43. The number of anilines is 1. The molecule has 90 valence electrons. The molecule has 0 heterocycles. The molecule has 0 radical (unpaired) electrons. The van der Waals surface area contributed by atoms with Crippen LogP contribution in [0.5, 0.6) is 0 Å². The molecule has 0 fully saturated rings. The molecule has 0 aliphatic heterocycles. The topological polar surface area (TPSA) is 12.0 Å². The third-order valence-electron chi connectivity index (χ3n) is 2.53. The molecule has 17 heavy (non-hydrogen) atoms. The standard InChI is InChI=1S/C14H14BrN.ClH/c1-11(12-5-3-2-4-6-12)16-14-9-7-13(15)8-10-14;/h2-11,16H,1H3;1H/t11-;/m0./s1. The average Bonchev–Trinajstić information content (AvgIpc) is 2.33. The van der Waals surface area contributed by atoms with E-state index in [1.54, 1.807) is 0 Å². The van der Waals surface area contributed by atoms with Gasteiger partial charge in [-0.25, -0.2) is 0 Å². The molecule has 1 N–H and O–H groups in total. The summed E-state index contributed by atoms with van der Waals surface area (Å²) in [5, 5.41) is 3.46. The first-order chi connectivity index (χ1) is 7.75. The number of rotatable bonds is 3. The zero-order valence-electron chi connectivity index (χ0n) is 9.56. The van der Waals surface area contributed by atoms with Gasteiger partial charge >= 0.3 is 0 Å². The van der Waals surface area contributed by atoms with Crippen LogP contribution in [0.15, 0.2) is 59.1 Å². The third kappa shape index (κ3) is 4.06. The molecule has 0 aromatic heterocycles. The van der Waals surface area contributed by atoms with Crippen LogP contribution < -0.4 is 5.32 Å². The number of halogens is 2. The van der Waals surface area contributed by atoms with Crippen molar-refractivity contribution in [2.75, 3.05) is 5.32 Å². The molecule has 0 saturated carbocycles. The van der Waals surface area contributed by atoms with Gasteiger partial charge in [0.15, 0.2) is 0 Å². The van der Waals surface area contributed by atoms with Crippen LogP contribution in [0.2, 0.25) is 0 Å². The van der Waals surface area contributed by atoms with Gasteiger partial charge in [0.2, 0.25) is 0 Å². The third-order valence-corrected chi connectivity index (χ3v) is 3.06. The summed E-state index contributed by atoms with van der Waals surface area (Å²) < 4.78 is 1.10. The van der Waals surface area contributed by atoms with Crippen molar-refractivity contribution in [2.24, 2.45) is 0 Å². The molecule has 3 heteroatoms. The summed E-state index contributed by atoms with van der Waals surface area (Å²) in [7, 11) is 0. The Balaban J connectivity index is 0.00000144. The van der Waals surface area contributed by atoms with Crippen LogP contribution in [0.1, 0.15) is 18.5 Å². The summed E-state index contributed by atoms with van der Waals surface area (Å²) in [6.45, 7) is 2.16. The maximum Gasteiger partial charge on any atom is 0.0485 e. The minimum absolute atomic E-state index is 0. The van der Waals surface area contributed by atoms with Crippen molar-refractivity contribution in [2.45, 2.75) is 13.0 Å². The molecule has 2 rings (SSSR count). The number of nitrogens with one attached hydrogen (secondary N) is 1. The Bertz CT molecular complexity index is 442. The van der Waals surface area contributed by atoms with Gasteiger partial charge < -0.3 is 5.32 Å². The quantitative estimate of drug-likeness (QED) is 0.837. The molecule has 1 atom stereocenters. The molecule has 2 aromatic rings. The minimum Gasteiger partial charge on any atom is -0.379 e. The zero-order valence-corrected chi connectivity index (χ0v) is 12.0. The van der Waals surface area contributed by atoms with E-state index in [1.165, 1.54) is 5.56 Å². The first-order valence-corrected chi connectivity index (χ1v) is 6.12. The second-order valence-corrected chi connectivity index (χ2v) is 4.70. The summed E-state index contributed by atoms with van der Waals surface area (Å²) in [6.07, 6.45) is 0. The SMILES string of the molecule is C[C@H](Nc1ccc(Br)cc1)c1ccccc1.Cl. The number of hydrogen-bond acceptors (Lipinski definition) is 1. The molecule has 2 aromatic carbocycles. The highest BCUT2D eigenvalue weighted by molar-refractivity contribution is 9.10. The first-order valence-electron chi connectivity index (χ1n) is 5.33. The molecule has 0 aliphatic carbocycles. The molecule has 0 bridgehead atoms. The summed E-state index contributed by atoms with van der Waals surface area (Å²) in [4.78, 5) is 0. The Morgan fingerprint density at radius 3 is 2.12 bits per heavy atom. The fourth-order valence-electron chi connectivity index (χ4n) is 1.62. The second-order valence-electron chi connectivity index (χ2n) is 3.78. The molecule has 0 unspecified atom stereocenters. The van der Waals surface area contributed by atoms with Gasteiger partial charge in [-0.3, -0.25) is 0 Å². The molecule has 1 nitrogen and oxygen atoms in total. The predicted molar refractivity (Wildman–Crippen MR) is 79.9 cm³/mol. The maximum atomic E-state index is 3.46. The van der Waals surface area contributed by atoms with Crippen LogP contribution in [0.4, 0.5) is 5.69 Å². The molecule has 0 amide bonds. The second kappa shape index (κ2) is 6.67. The number of benzene rings is 2. The molecular weight excluding hydrogens is 298 g/mol. The lowest BCUT2D eigenvalue weighted by Crippen LogP contribution is -2.05. The Morgan fingerprint density at radius 1 is 0.941 bits per heavy atom. The Morgan fingerprint density at radius 2 is 1.53 bits per heavy atom. The zero-order chi connectivity index (χ0) is 11.4. The monoisotopic (exact) mass is 311 g/mol. The van der Waals surface area contributed by atoms with Crippen LogP contribution in [-0.4, -0.2) is 0 Å². The van der Waals surface area contributed by atoms with Crippen molar-refractivity contribution in [1.82, 2.24) is 0 Å². The van der Waals surface area contributed by atoms with E-state index in [0.717, 1.165) is 10.2 Å². The molecule has 0 aliphatic rings. The molecular formula is C14H15BrClN. The van der Waals surface area contributed by atoms with Crippen LogP contribution in [0.3, 0.4) is 0 Å². The van der Waals surface area contributed by atoms with E-state index >= 15 is 0 Å². The van der Waals surface area contributed by atoms with Crippen molar-refractivity contribution in [3.05, 3.63) is 64.6 Å². The molecule has 0 saturated heterocycles. The highest BCUT2D eigenvalue weighted by Crippen LogP contribution is 2.20. The lowest BCUT2D eigenvalue weighted by atomic mass is 10.1. The van der Waals surface area contributed by atoms with E-state index in [2.05, 4.69) is 64.6 Å². The van der Waals surface area contributed by atoms with Crippen LogP contribution in [0.25, 0.3) is 0 Å². The van der Waals surface area contributed by atoms with Gasteiger partial charge in [0, 0.05) is 16.2 Å². The van der Waals surface area contributed by atoms with Crippen molar-refractivity contribution in [3.8, 4) is 0 Å². The van der Waals surface area contributed by atoms with Gasteiger partial charge in [0.1, 0.15) is 0 Å². The van der Waals surface area contributed by atoms with E-state index < -0.39 is 0 Å². The Kier molecular flexibility index (Phi) is 5.52. The Hall–Kier alpha value is -0.990. The fraction of sp³-hybridized carbons (Fsp3) is 0.143. The van der Waals surface area contributed by atoms with E-state index in [0.29, 0.717) is 6.04 Å². The van der Waals surface area contributed by atoms with Gasteiger partial charge in [-0.1, -0.05) is 46.3 Å². The Labute approximate surface area is 117 Å². The van der Waals surface area contributed by atoms with E-state index in [1.807, 2.05) is 18.2 Å². The van der Waals surface area contributed by atoms with Crippen LogP contribution in [0, 0.1) is 0 Å². The lowest BCUT2D eigenvalue weighted by Gasteiger charge is -2.15. The summed E-state index contributed by atoms with van der Waals surface area (Å²) in [6, 6.07) is 19.0. The maximum absolute atomic E-state index is 3.46. The van der Waals surface area contributed by atoms with E-state index in [-0.39, 0.29) is 12.4 Å². The first kappa shape index (κ1) is 14.1. The van der Waals surface area contributed by atoms with Gasteiger partial charge in [0.25, 0.3) is 0 Å². The fourth-order valence-corrected chi connectivity index (χ4v) is 1.89. The van der Waals surface area contributed by atoms with Crippen molar-refractivity contribution in [3.63, 3.8) is 0 Å². The predicted octanol–water partition coefficient (Wildman–Crippen LogP) is 5.04. The number of hydrogen-bond donors (Lipinski definition) is 1.